The van der Waals surface area contributed by atoms with E-state index in [1.165, 1.54) is 28.7 Å². The number of benzene rings is 3. The highest BCUT2D eigenvalue weighted by Crippen LogP contribution is 2.20. The molecule has 0 atom stereocenters. The first kappa shape index (κ1) is 22.6. The first-order valence-corrected chi connectivity index (χ1v) is 11.3. The van der Waals surface area contributed by atoms with Gasteiger partial charge in [-0.1, -0.05) is 42.5 Å². The van der Waals surface area contributed by atoms with E-state index in [1.54, 1.807) is 60.7 Å². The Kier molecular flexibility index (Phi) is 6.96. The van der Waals surface area contributed by atoms with Gasteiger partial charge in [0.05, 0.1) is 29.6 Å². The van der Waals surface area contributed by atoms with Crippen LogP contribution in [0.25, 0.3) is 0 Å². The third-order valence-electron chi connectivity index (χ3n) is 4.45. The number of nitro groups is 1. The highest BCUT2D eigenvalue weighted by atomic mass is 32.2. The Labute approximate surface area is 185 Å². The number of anilines is 1. The highest BCUT2D eigenvalue weighted by molar-refractivity contribution is 7.92. The lowest BCUT2D eigenvalue weighted by molar-refractivity contribution is -0.384. The summed E-state index contributed by atoms with van der Waals surface area (Å²) in [7, 11) is -3.50. The minimum Gasteiger partial charge on any atom is -0.267 e. The summed E-state index contributed by atoms with van der Waals surface area (Å²) in [4.78, 5) is 22.6. The maximum atomic E-state index is 12.3. The van der Waals surface area contributed by atoms with Gasteiger partial charge in [0.2, 0.25) is 10.0 Å². The normalized spacial score (nSPS) is 11.3. The molecule has 3 aromatic rings. The van der Waals surface area contributed by atoms with Crippen molar-refractivity contribution in [3.05, 3.63) is 106 Å². The van der Waals surface area contributed by atoms with E-state index in [0.717, 1.165) is 6.26 Å². The predicted molar refractivity (Wildman–Crippen MR) is 122 cm³/mol. The van der Waals surface area contributed by atoms with E-state index in [9.17, 15) is 23.3 Å². The lowest BCUT2D eigenvalue weighted by atomic mass is 10.1. The van der Waals surface area contributed by atoms with Crippen LogP contribution in [0, 0.1) is 10.1 Å². The summed E-state index contributed by atoms with van der Waals surface area (Å²) in [5.74, 6) is -0.471. The third kappa shape index (κ3) is 5.99. The second kappa shape index (κ2) is 9.84. The molecule has 164 valence electrons. The molecular weight excluding hydrogens is 432 g/mol. The van der Waals surface area contributed by atoms with Gasteiger partial charge in [-0.15, -0.1) is 0 Å². The van der Waals surface area contributed by atoms with Crippen molar-refractivity contribution in [2.45, 2.75) is 6.54 Å². The summed E-state index contributed by atoms with van der Waals surface area (Å²) in [6, 6.07) is 21.1. The SMILES string of the molecule is CS(=O)(=O)N(Cc1ccc(C(=O)N/N=C\c2cccc([N+](=O)[O-])c2)cc1)c1ccccc1. The Morgan fingerprint density at radius 1 is 1.06 bits per heavy atom. The summed E-state index contributed by atoms with van der Waals surface area (Å²) >= 11 is 0. The standard InChI is InChI=1S/C22H20N4O5S/c1-32(30,31)25(20-7-3-2-4-8-20)16-17-10-12-19(13-11-17)22(27)24-23-15-18-6-5-9-21(14-18)26(28)29/h2-15H,16H2,1H3,(H,24,27)/b23-15-. The van der Waals surface area contributed by atoms with Gasteiger partial charge in [-0.05, 0) is 29.8 Å². The van der Waals surface area contributed by atoms with Crippen LogP contribution in [-0.4, -0.2) is 31.7 Å². The summed E-state index contributed by atoms with van der Waals surface area (Å²) in [6.45, 7) is 0.121. The van der Waals surface area contributed by atoms with E-state index in [-0.39, 0.29) is 12.2 Å². The van der Waals surface area contributed by atoms with Gasteiger partial charge in [-0.3, -0.25) is 19.2 Å². The van der Waals surface area contributed by atoms with Crippen molar-refractivity contribution in [2.75, 3.05) is 10.6 Å². The number of nitrogens with zero attached hydrogens (tertiary/aromatic N) is 3. The van der Waals surface area contributed by atoms with Gasteiger partial charge in [-0.2, -0.15) is 5.10 Å². The molecule has 32 heavy (non-hydrogen) atoms. The Bertz CT molecular complexity index is 1240. The molecule has 1 N–H and O–H groups in total. The molecule has 0 aliphatic rings. The average molecular weight is 452 g/mol. The maximum absolute atomic E-state index is 12.3. The lowest BCUT2D eigenvalue weighted by Crippen LogP contribution is -2.29. The molecule has 0 spiro atoms. The average Bonchev–Trinajstić information content (AvgIpc) is 2.78. The van der Waals surface area contributed by atoms with E-state index in [0.29, 0.717) is 22.4 Å². The minimum atomic E-state index is -3.50. The molecule has 0 fully saturated rings. The molecule has 0 aliphatic heterocycles. The van der Waals surface area contributed by atoms with Gasteiger partial charge in [-0.25, -0.2) is 13.8 Å². The third-order valence-corrected chi connectivity index (χ3v) is 5.59. The van der Waals surface area contributed by atoms with Crippen LogP contribution in [0.15, 0.2) is 84.0 Å². The number of hydrogen-bond donors (Lipinski definition) is 1. The molecule has 0 aliphatic carbocycles. The maximum Gasteiger partial charge on any atom is 0.271 e. The number of nitro benzene ring substituents is 1. The Balaban J connectivity index is 1.66. The van der Waals surface area contributed by atoms with Crippen LogP contribution in [-0.2, 0) is 16.6 Å². The van der Waals surface area contributed by atoms with Crippen LogP contribution in [0.5, 0.6) is 0 Å². The molecule has 10 heteroatoms. The molecule has 1 amide bonds. The Hall–Kier alpha value is -4.05. The van der Waals surface area contributed by atoms with Crippen molar-refractivity contribution >= 4 is 33.5 Å². The minimum absolute atomic E-state index is 0.0745. The topological polar surface area (TPSA) is 122 Å². The summed E-state index contributed by atoms with van der Waals surface area (Å²) in [6.07, 6.45) is 2.45. The first-order valence-electron chi connectivity index (χ1n) is 9.43. The van der Waals surface area contributed by atoms with Crippen molar-refractivity contribution in [3.63, 3.8) is 0 Å². The van der Waals surface area contributed by atoms with Crippen LogP contribution in [0.3, 0.4) is 0 Å². The molecular formula is C22H20N4O5S. The number of para-hydroxylation sites is 1. The van der Waals surface area contributed by atoms with Crippen LogP contribution in [0.2, 0.25) is 0 Å². The molecule has 0 aromatic heterocycles. The van der Waals surface area contributed by atoms with Gasteiger partial charge >= 0.3 is 0 Å². The van der Waals surface area contributed by atoms with Crippen LogP contribution in [0.1, 0.15) is 21.5 Å². The second-order valence-corrected chi connectivity index (χ2v) is 8.76. The predicted octanol–water partition coefficient (Wildman–Crippen LogP) is 3.32. The number of non-ortho nitro benzene ring substituents is 1. The zero-order chi connectivity index (χ0) is 23.1. The van der Waals surface area contributed by atoms with Crippen LogP contribution >= 0.6 is 0 Å². The molecule has 0 unspecified atom stereocenters. The van der Waals surface area contributed by atoms with Gasteiger partial charge in [0.15, 0.2) is 0 Å². The molecule has 0 radical (unpaired) electrons. The number of nitrogens with one attached hydrogen (secondary N) is 1. The largest absolute Gasteiger partial charge is 0.271 e. The molecule has 9 nitrogen and oxygen atoms in total. The fourth-order valence-corrected chi connectivity index (χ4v) is 3.76. The van der Waals surface area contributed by atoms with Gasteiger partial charge < -0.3 is 0 Å². The molecule has 0 saturated heterocycles. The number of sulfonamides is 1. The lowest BCUT2D eigenvalue weighted by Gasteiger charge is -2.22. The number of rotatable bonds is 8. The van der Waals surface area contributed by atoms with Crippen molar-refractivity contribution in [2.24, 2.45) is 5.10 Å². The molecule has 3 aromatic carbocycles. The van der Waals surface area contributed by atoms with Crippen LogP contribution in [0.4, 0.5) is 11.4 Å². The fourth-order valence-electron chi connectivity index (χ4n) is 2.87. The van der Waals surface area contributed by atoms with Crippen LogP contribution < -0.4 is 9.73 Å². The highest BCUT2D eigenvalue weighted by Gasteiger charge is 2.17. The Morgan fingerprint density at radius 3 is 2.38 bits per heavy atom. The summed E-state index contributed by atoms with van der Waals surface area (Å²) < 4.78 is 25.7. The monoisotopic (exact) mass is 452 g/mol. The molecule has 0 heterocycles. The van der Waals surface area contributed by atoms with Crippen molar-refractivity contribution in [3.8, 4) is 0 Å². The second-order valence-electron chi connectivity index (χ2n) is 6.85. The number of carbonyl (C=O) groups is 1. The Morgan fingerprint density at radius 2 is 1.75 bits per heavy atom. The van der Waals surface area contributed by atoms with E-state index >= 15 is 0 Å². The zero-order valence-corrected chi connectivity index (χ0v) is 17.9. The van der Waals surface area contributed by atoms with E-state index in [1.807, 2.05) is 0 Å². The van der Waals surface area contributed by atoms with Gasteiger partial charge in [0.25, 0.3) is 11.6 Å². The molecule has 0 bridgehead atoms. The number of hydrogen-bond acceptors (Lipinski definition) is 6. The van der Waals surface area contributed by atoms with E-state index in [2.05, 4.69) is 10.5 Å². The van der Waals surface area contributed by atoms with Gasteiger partial charge in [0.1, 0.15) is 0 Å². The van der Waals surface area contributed by atoms with Gasteiger partial charge in [0, 0.05) is 23.3 Å². The summed E-state index contributed by atoms with van der Waals surface area (Å²) in [5, 5.41) is 14.6. The smallest absolute Gasteiger partial charge is 0.267 e. The number of amides is 1. The van der Waals surface area contributed by atoms with E-state index in [4.69, 9.17) is 0 Å². The fraction of sp³-hybridized carbons (Fsp3) is 0.0909. The van der Waals surface area contributed by atoms with Crippen molar-refractivity contribution in [1.82, 2.24) is 5.43 Å². The number of carbonyl (C=O) groups excluding carboxylic acids is 1. The first-order chi connectivity index (χ1) is 15.2. The zero-order valence-electron chi connectivity index (χ0n) is 17.1. The molecule has 0 saturated carbocycles. The van der Waals surface area contributed by atoms with Crippen molar-refractivity contribution < 1.29 is 18.1 Å². The molecule has 3 rings (SSSR count). The van der Waals surface area contributed by atoms with Crippen molar-refractivity contribution in [1.29, 1.82) is 0 Å². The number of hydrazone groups is 1. The summed E-state index contributed by atoms with van der Waals surface area (Å²) in [5.41, 5.74) is 4.34. The van der Waals surface area contributed by atoms with E-state index < -0.39 is 20.9 Å². The quantitative estimate of drug-likeness (QED) is 0.319.